The molecule has 0 amide bonds. The van der Waals surface area contributed by atoms with E-state index in [-0.39, 0.29) is 12.1 Å². The Hall–Kier alpha value is -2.79. The van der Waals surface area contributed by atoms with E-state index in [4.69, 9.17) is 11.6 Å². The number of halogens is 4. The molecule has 0 bridgehead atoms. The smallest absolute Gasteiger partial charge is 0.343 e. The highest BCUT2D eigenvalue weighted by molar-refractivity contribution is 7.09. The third kappa shape index (κ3) is 4.77. The summed E-state index contributed by atoms with van der Waals surface area (Å²) in [4.78, 5) is 0.825. The Labute approximate surface area is 186 Å². The minimum Gasteiger partial charge on any atom is -0.343 e. The van der Waals surface area contributed by atoms with Crippen LogP contribution in [0.1, 0.15) is 27.6 Å². The average Bonchev–Trinajstić information content (AvgIpc) is 3.37. The van der Waals surface area contributed by atoms with Crippen molar-refractivity contribution in [2.24, 2.45) is 0 Å². The molecule has 4 rings (SSSR count). The van der Waals surface area contributed by atoms with Gasteiger partial charge in [-0.2, -0.15) is 18.4 Å². The second kappa shape index (κ2) is 8.75. The van der Waals surface area contributed by atoms with Crippen LogP contribution in [0.25, 0.3) is 10.9 Å². The van der Waals surface area contributed by atoms with Gasteiger partial charge in [0, 0.05) is 45.7 Å². The molecule has 3 nitrogen and oxygen atoms in total. The van der Waals surface area contributed by atoms with Crippen LogP contribution in [0, 0.1) is 11.3 Å². The number of nitrogens with zero attached hydrogens (tertiary/aromatic N) is 2. The third-order valence-electron chi connectivity index (χ3n) is 5.01. The molecule has 0 spiro atoms. The molecule has 8 heteroatoms. The number of aromatic nitrogens is 1. The molecule has 0 saturated carbocycles. The molecule has 0 radical (unpaired) electrons. The lowest BCUT2D eigenvalue weighted by atomic mass is 10.0. The molecule has 0 aliphatic heterocycles. The zero-order valence-electron chi connectivity index (χ0n) is 16.2. The molecule has 0 fully saturated rings. The number of hydrogen-bond acceptors (Lipinski definition) is 3. The van der Waals surface area contributed by atoms with E-state index in [1.165, 1.54) is 17.5 Å². The number of thiophene rings is 1. The Morgan fingerprint density at radius 2 is 1.90 bits per heavy atom. The minimum absolute atomic E-state index is 0.113. The number of rotatable bonds is 6. The van der Waals surface area contributed by atoms with Gasteiger partial charge in [0.1, 0.15) is 6.04 Å². The summed E-state index contributed by atoms with van der Waals surface area (Å²) in [6.45, 7) is 0.472. The van der Waals surface area contributed by atoms with Crippen molar-refractivity contribution in [1.29, 1.82) is 5.26 Å². The molecule has 1 N–H and O–H groups in total. The topological polar surface area (TPSA) is 40.8 Å². The van der Waals surface area contributed by atoms with Gasteiger partial charge in [-0.05, 0) is 41.3 Å². The van der Waals surface area contributed by atoms with E-state index >= 15 is 0 Å². The van der Waals surface area contributed by atoms with Crippen LogP contribution in [0.2, 0.25) is 5.02 Å². The van der Waals surface area contributed by atoms with E-state index < -0.39 is 12.2 Å². The van der Waals surface area contributed by atoms with Crippen LogP contribution in [0.4, 0.5) is 13.2 Å². The Bertz CT molecular complexity index is 1220. The van der Waals surface area contributed by atoms with Crippen molar-refractivity contribution in [3.63, 3.8) is 0 Å². The van der Waals surface area contributed by atoms with Gasteiger partial charge in [0.25, 0.3) is 0 Å². The SMILES string of the molecule is N#Cc1ccc2c(C(NCc3cccs3)C(F)(F)F)cn(Cc3ccc(Cl)cc3)c2c1. The first-order chi connectivity index (χ1) is 14.8. The standard InChI is InChI=1S/C23H17ClF3N3S/c24-17-6-3-15(4-7-17)13-30-14-20(19-8-5-16(11-28)10-21(19)30)22(23(25,26)27)29-12-18-2-1-9-31-18/h1-10,14,22,29H,12-13H2. The van der Waals surface area contributed by atoms with Crippen LogP contribution in [-0.2, 0) is 13.1 Å². The van der Waals surface area contributed by atoms with Crippen LogP contribution < -0.4 is 5.32 Å². The van der Waals surface area contributed by atoms with E-state index in [0.717, 1.165) is 10.4 Å². The Balaban J connectivity index is 1.77. The van der Waals surface area contributed by atoms with Gasteiger partial charge in [0.05, 0.1) is 11.6 Å². The number of alkyl halides is 3. The van der Waals surface area contributed by atoms with Crippen molar-refractivity contribution in [3.05, 3.63) is 92.8 Å². The normalized spacial score (nSPS) is 12.7. The molecule has 0 aliphatic carbocycles. The first kappa shape index (κ1) is 21.4. The Kier molecular flexibility index (Phi) is 6.05. The zero-order valence-corrected chi connectivity index (χ0v) is 17.7. The summed E-state index contributed by atoms with van der Waals surface area (Å²) >= 11 is 7.35. The largest absolute Gasteiger partial charge is 0.407 e. The minimum atomic E-state index is -4.48. The first-order valence-corrected chi connectivity index (χ1v) is 10.7. The van der Waals surface area contributed by atoms with Crippen LogP contribution >= 0.6 is 22.9 Å². The molecule has 2 aromatic heterocycles. The fourth-order valence-corrected chi connectivity index (χ4v) is 4.34. The average molecular weight is 460 g/mol. The number of benzene rings is 2. The molecule has 158 valence electrons. The lowest BCUT2D eigenvalue weighted by Gasteiger charge is -2.21. The van der Waals surface area contributed by atoms with Gasteiger partial charge >= 0.3 is 6.18 Å². The van der Waals surface area contributed by atoms with Crippen molar-refractivity contribution in [3.8, 4) is 6.07 Å². The highest BCUT2D eigenvalue weighted by atomic mass is 35.5. The van der Waals surface area contributed by atoms with Crippen LogP contribution in [0.5, 0.6) is 0 Å². The highest BCUT2D eigenvalue weighted by Gasteiger charge is 2.42. The summed E-state index contributed by atoms with van der Waals surface area (Å²) in [5.74, 6) is 0. The van der Waals surface area contributed by atoms with E-state index in [1.54, 1.807) is 41.0 Å². The summed E-state index contributed by atoms with van der Waals surface area (Å²) in [5.41, 5.74) is 2.00. The summed E-state index contributed by atoms with van der Waals surface area (Å²) < 4.78 is 43.9. The van der Waals surface area contributed by atoms with E-state index in [9.17, 15) is 18.4 Å². The summed E-state index contributed by atoms with van der Waals surface area (Å²) in [5, 5.41) is 14.8. The van der Waals surface area contributed by atoms with E-state index in [0.29, 0.717) is 28.0 Å². The van der Waals surface area contributed by atoms with Crippen LogP contribution in [-0.4, -0.2) is 10.7 Å². The predicted octanol–water partition coefficient (Wildman–Crippen LogP) is 6.67. The molecular formula is C23H17ClF3N3S. The highest BCUT2D eigenvalue weighted by Crippen LogP contribution is 2.38. The van der Waals surface area contributed by atoms with Gasteiger partial charge in [-0.15, -0.1) is 11.3 Å². The first-order valence-electron chi connectivity index (χ1n) is 9.45. The quantitative estimate of drug-likeness (QED) is 0.350. The van der Waals surface area contributed by atoms with Gasteiger partial charge in [0.2, 0.25) is 0 Å². The van der Waals surface area contributed by atoms with Crippen molar-refractivity contribution in [1.82, 2.24) is 9.88 Å². The monoisotopic (exact) mass is 459 g/mol. The molecule has 2 heterocycles. The molecule has 4 aromatic rings. The number of nitrogens with one attached hydrogen (secondary N) is 1. The van der Waals surface area contributed by atoms with E-state index in [1.807, 2.05) is 23.6 Å². The third-order valence-corrected chi connectivity index (χ3v) is 6.14. The second-order valence-corrected chi connectivity index (χ2v) is 8.59. The van der Waals surface area contributed by atoms with Crippen molar-refractivity contribution in [2.75, 3.05) is 0 Å². The second-order valence-electron chi connectivity index (χ2n) is 7.12. The summed E-state index contributed by atoms with van der Waals surface area (Å²) in [6, 6.07) is 15.7. The van der Waals surface area contributed by atoms with Crippen LogP contribution in [0.15, 0.2) is 66.2 Å². The van der Waals surface area contributed by atoms with Gasteiger partial charge < -0.3 is 4.57 Å². The van der Waals surface area contributed by atoms with Crippen LogP contribution in [0.3, 0.4) is 0 Å². The summed E-state index contributed by atoms with van der Waals surface area (Å²) in [7, 11) is 0. The van der Waals surface area contributed by atoms with Gasteiger partial charge in [-0.1, -0.05) is 35.9 Å². The van der Waals surface area contributed by atoms with Crippen molar-refractivity contribution in [2.45, 2.75) is 25.3 Å². The van der Waals surface area contributed by atoms with Gasteiger partial charge in [0.15, 0.2) is 0 Å². The maximum Gasteiger partial charge on any atom is 0.407 e. The number of nitriles is 1. The molecule has 0 saturated heterocycles. The lowest BCUT2D eigenvalue weighted by Crippen LogP contribution is -2.33. The molecule has 31 heavy (non-hydrogen) atoms. The predicted molar refractivity (Wildman–Crippen MR) is 117 cm³/mol. The molecule has 2 aromatic carbocycles. The number of hydrogen-bond donors (Lipinski definition) is 1. The molecule has 1 unspecified atom stereocenters. The Morgan fingerprint density at radius 3 is 2.55 bits per heavy atom. The Morgan fingerprint density at radius 1 is 1.13 bits per heavy atom. The number of fused-ring (bicyclic) bond motifs is 1. The fourth-order valence-electron chi connectivity index (χ4n) is 3.56. The fraction of sp³-hybridized carbons (Fsp3) is 0.174. The maximum atomic E-state index is 14.1. The van der Waals surface area contributed by atoms with E-state index in [2.05, 4.69) is 11.4 Å². The molecule has 1 atom stereocenters. The van der Waals surface area contributed by atoms with Gasteiger partial charge in [-0.3, -0.25) is 5.32 Å². The summed E-state index contributed by atoms with van der Waals surface area (Å²) in [6.07, 6.45) is -2.95. The molecular weight excluding hydrogens is 443 g/mol. The van der Waals surface area contributed by atoms with Crippen molar-refractivity contribution >= 4 is 33.8 Å². The zero-order chi connectivity index (χ0) is 22.0. The lowest BCUT2D eigenvalue weighted by molar-refractivity contribution is -0.157. The maximum absolute atomic E-state index is 14.1. The molecule has 0 aliphatic rings. The van der Waals surface area contributed by atoms with Crippen molar-refractivity contribution < 1.29 is 13.2 Å². The van der Waals surface area contributed by atoms with Gasteiger partial charge in [-0.25, -0.2) is 0 Å².